The molecule has 0 aromatic heterocycles. The Balaban J connectivity index is 2.22. The smallest absolute Gasteiger partial charge is 0.336 e. The van der Waals surface area contributed by atoms with Crippen molar-refractivity contribution in [3.8, 4) is 0 Å². The number of nitrogens with zero attached hydrogens (tertiary/aromatic N) is 1. The van der Waals surface area contributed by atoms with Crippen LogP contribution in [0.4, 0.5) is 13.2 Å². The first-order valence-corrected chi connectivity index (χ1v) is 7.04. The second-order valence-corrected chi connectivity index (χ2v) is 5.49. The molecule has 1 aliphatic heterocycles. The van der Waals surface area contributed by atoms with Crippen molar-refractivity contribution >= 4 is 11.7 Å². The molecule has 2 rings (SSSR count). The van der Waals surface area contributed by atoms with E-state index >= 15 is 0 Å². The van der Waals surface area contributed by atoms with Crippen LogP contribution < -0.4 is 0 Å². The van der Waals surface area contributed by atoms with Crippen molar-refractivity contribution in [2.75, 3.05) is 6.54 Å². The van der Waals surface area contributed by atoms with Crippen molar-refractivity contribution in [3.63, 3.8) is 0 Å². The molecule has 1 aromatic carbocycles. The van der Waals surface area contributed by atoms with E-state index in [1.807, 2.05) is 0 Å². The summed E-state index contributed by atoms with van der Waals surface area (Å²) in [6.07, 6.45) is -2.15. The van der Waals surface area contributed by atoms with Crippen LogP contribution in [0.1, 0.15) is 29.3 Å². The average molecular weight is 327 g/mol. The molecular formula is C16H16F3NO3. The molecule has 1 heterocycles. The standard InChI is InChI=1S/C16H16F3NO3/c1-10(21)13-5-4-11(8-14(13)17)7-12(9-16(18,19)23)20-6-2-3-15(20)22/h2-5,8,12,23H,6-7,9H2,1H3. The van der Waals surface area contributed by atoms with Gasteiger partial charge >= 0.3 is 6.11 Å². The molecule has 0 aliphatic carbocycles. The molecule has 0 saturated heterocycles. The highest BCUT2D eigenvalue weighted by molar-refractivity contribution is 5.94. The molecular weight excluding hydrogens is 311 g/mol. The molecule has 0 bridgehead atoms. The number of ketones is 1. The van der Waals surface area contributed by atoms with Crippen LogP contribution in [-0.2, 0) is 11.2 Å². The molecule has 4 nitrogen and oxygen atoms in total. The first kappa shape index (κ1) is 17.2. The van der Waals surface area contributed by atoms with Crippen molar-refractivity contribution in [2.45, 2.75) is 31.9 Å². The fraction of sp³-hybridized carbons (Fsp3) is 0.375. The summed E-state index contributed by atoms with van der Waals surface area (Å²) in [5, 5.41) is 8.77. The van der Waals surface area contributed by atoms with Gasteiger partial charge in [-0.3, -0.25) is 9.59 Å². The number of hydrogen-bond donors (Lipinski definition) is 1. The largest absolute Gasteiger partial charge is 0.355 e. The molecule has 1 N–H and O–H groups in total. The van der Waals surface area contributed by atoms with E-state index < -0.39 is 36.1 Å². The van der Waals surface area contributed by atoms with Crippen molar-refractivity contribution in [1.82, 2.24) is 4.90 Å². The molecule has 1 atom stereocenters. The number of carbonyl (C=O) groups is 2. The van der Waals surface area contributed by atoms with E-state index in [2.05, 4.69) is 0 Å². The molecule has 7 heteroatoms. The van der Waals surface area contributed by atoms with E-state index in [4.69, 9.17) is 5.11 Å². The van der Waals surface area contributed by atoms with Gasteiger partial charge in [0.05, 0.1) is 12.0 Å². The highest BCUT2D eigenvalue weighted by atomic mass is 19.3. The zero-order valence-corrected chi connectivity index (χ0v) is 12.4. The number of aliphatic hydroxyl groups is 1. The highest BCUT2D eigenvalue weighted by Gasteiger charge is 2.35. The van der Waals surface area contributed by atoms with Crippen LogP contribution in [0, 0.1) is 5.82 Å². The van der Waals surface area contributed by atoms with Gasteiger partial charge in [0, 0.05) is 18.7 Å². The number of rotatable bonds is 6. The number of Topliss-reactive ketones (excluding diaryl/α,β-unsaturated/α-hetero) is 1. The van der Waals surface area contributed by atoms with Crippen LogP contribution in [0.25, 0.3) is 0 Å². The van der Waals surface area contributed by atoms with Crippen molar-refractivity contribution in [1.29, 1.82) is 0 Å². The monoisotopic (exact) mass is 327 g/mol. The summed E-state index contributed by atoms with van der Waals surface area (Å²) in [7, 11) is 0. The van der Waals surface area contributed by atoms with Gasteiger partial charge in [-0.15, -0.1) is 0 Å². The van der Waals surface area contributed by atoms with Gasteiger partial charge in [0.15, 0.2) is 5.78 Å². The fourth-order valence-corrected chi connectivity index (χ4v) is 2.60. The highest BCUT2D eigenvalue weighted by Crippen LogP contribution is 2.25. The molecule has 124 valence electrons. The lowest BCUT2D eigenvalue weighted by Gasteiger charge is -2.29. The number of amides is 1. The van der Waals surface area contributed by atoms with Gasteiger partial charge in [0.2, 0.25) is 5.91 Å². The Morgan fingerprint density at radius 2 is 2.13 bits per heavy atom. The lowest BCUT2D eigenvalue weighted by molar-refractivity contribution is -0.211. The third kappa shape index (κ3) is 4.41. The summed E-state index contributed by atoms with van der Waals surface area (Å²) < 4.78 is 39.8. The maximum atomic E-state index is 13.8. The van der Waals surface area contributed by atoms with Crippen LogP contribution in [-0.4, -0.2) is 40.4 Å². The van der Waals surface area contributed by atoms with Crippen LogP contribution >= 0.6 is 0 Å². The lowest BCUT2D eigenvalue weighted by Crippen LogP contribution is -2.42. The van der Waals surface area contributed by atoms with Gasteiger partial charge in [-0.05, 0) is 31.0 Å². The normalized spacial score (nSPS) is 16.0. The first-order chi connectivity index (χ1) is 10.7. The number of benzene rings is 1. The number of halogens is 3. The molecule has 1 amide bonds. The van der Waals surface area contributed by atoms with Crippen molar-refractivity contribution in [3.05, 3.63) is 47.3 Å². The van der Waals surface area contributed by atoms with E-state index in [9.17, 15) is 22.8 Å². The third-order valence-electron chi connectivity index (χ3n) is 3.65. The van der Waals surface area contributed by atoms with Crippen LogP contribution in [0.15, 0.2) is 30.4 Å². The Hall–Kier alpha value is -2.15. The van der Waals surface area contributed by atoms with Crippen LogP contribution in [0.3, 0.4) is 0 Å². The van der Waals surface area contributed by atoms with Crippen molar-refractivity contribution in [2.24, 2.45) is 0 Å². The van der Waals surface area contributed by atoms with Crippen LogP contribution in [0.2, 0.25) is 0 Å². The fourth-order valence-electron chi connectivity index (χ4n) is 2.60. The molecule has 1 aliphatic rings. The Morgan fingerprint density at radius 1 is 1.43 bits per heavy atom. The number of carbonyl (C=O) groups excluding carboxylic acids is 2. The van der Waals surface area contributed by atoms with E-state index in [0.29, 0.717) is 5.56 Å². The maximum absolute atomic E-state index is 13.8. The third-order valence-corrected chi connectivity index (χ3v) is 3.65. The topological polar surface area (TPSA) is 57.6 Å². The average Bonchev–Trinajstić information content (AvgIpc) is 2.82. The SMILES string of the molecule is CC(=O)c1ccc(CC(CC(O)(F)F)N2CC=CC2=O)cc1F. The summed E-state index contributed by atoms with van der Waals surface area (Å²) in [6.45, 7) is 1.38. The molecule has 0 fully saturated rings. The second kappa shape index (κ2) is 6.54. The molecule has 0 radical (unpaired) electrons. The van der Waals surface area contributed by atoms with E-state index in [0.717, 1.165) is 6.07 Å². The Morgan fingerprint density at radius 3 is 2.61 bits per heavy atom. The minimum Gasteiger partial charge on any atom is -0.336 e. The minimum atomic E-state index is -3.94. The van der Waals surface area contributed by atoms with Gasteiger partial charge in [0.25, 0.3) is 0 Å². The molecule has 0 spiro atoms. The zero-order valence-electron chi connectivity index (χ0n) is 12.4. The minimum absolute atomic E-state index is 0.0569. The molecule has 0 saturated carbocycles. The van der Waals surface area contributed by atoms with E-state index in [1.54, 1.807) is 0 Å². The summed E-state index contributed by atoms with van der Waals surface area (Å²) in [5.41, 5.74) is 0.276. The number of hydrogen-bond acceptors (Lipinski definition) is 3. The summed E-state index contributed by atoms with van der Waals surface area (Å²) >= 11 is 0. The van der Waals surface area contributed by atoms with Crippen LogP contribution in [0.5, 0.6) is 0 Å². The second-order valence-electron chi connectivity index (χ2n) is 5.49. The van der Waals surface area contributed by atoms with Gasteiger partial charge in [-0.1, -0.05) is 12.1 Å². The summed E-state index contributed by atoms with van der Waals surface area (Å²) in [4.78, 5) is 24.1. The predicted octanol–water partition coefficient (Wildman–Crippen LogP) is 2.31. The Labute approximate surface area is 131 Å². The van der Waals surface area contributed by atoms with Gasteiger partial charge in [-0.25, -0.2) is 4.39 Å². The van der Waals surface area contributed by atoms with Gasteiger partial charge < -0.3 is 10.0 Å². The van der Waals surface area contributed by atoms with Crippen molar-refractivity contribution < 1.29 is 27.9 Å². The van der Waals surface area contributed by atoms with Gasteiger partial charge in [0.1, 0.15) is 5.82 Å². The quantitative estimate of drug-likeness (QED) is 0.816. The molecule has 1 unspecified atom stereocenters. The summed E-state index contributed by atoms with van der Waals surface area (Å²) in [6, 6.07) is 2.84. The van der Waals surface area contributed by atoms with Gasteiger partial charge in [-0.2, -0.15) is 8.78 Å². The lowest BCUT2D eigenvalue weighted by atomic mass is 9.99. The molecule has 23 heavy (non-hydrogen) atoms. The Kier molecular flexibility index (Phi) is 4.89. The van der Waals surface area contributed by atoms with E-state index in [1.165, 1.54) is 36.1 Å². The number of alkyl halides is 2. The zero-order chi connectivity index (χ0) is 17.2. The molecule has 1 aromatic rings. The Bertz CT molecular complexity index is 652. The van der Waals surface area contributed by atoms with E-state index in [-0.39, 0.29) is 18.5 Å². The first-order valence-electron chi connectivity index (χ1n) is 7.04. The maximum Gasteiger partial charge on any atom is 0.355 e. The summed E-state index contributed by atoms with van der Waals surface area (Å²) in [5.74, 6) is -1.61. The predicted molar refractivity (Wildman–Crippen MR) is 76.5 cm³/mol.